The molecule has 0 aliphatic carbocycles. The summed E-state index contributed by atoms with van der Waals surface area (Å²) in [6.07, 6.45) is -0.312. The number of hydrogen-bond donors (Lipinski definition) is 2. The van der Waals surface area contributed by atoms with Crippen LogP contribution in [0.4, 0.5) is 9.59 Å². The lowest BCUT2D eigenvalue weighted by atomic mass is 10.2. The third-order valence-corrected chi connectivity index (χ3v) is 4.09. The number of benzene rings is 1. The molecule has 1 saturated heterocycles. The van der Waals surface area contributed by atoms with Crippen molar-refractivity contribution in [2.45, 2.75) is 20.4 Å². The summed E-state index contributed by atoms with van der Waals surface area (Å²) in [5.74, 6) is -0.0663. The third-order valence-electron chi connectivity index (χ3n) is 4.09. The number of urea groups is 1. The van der Waals surface area contributed by atoms with Gasteiger partial charge in [-0.3, -0.25) is 15.0 Å². The fourth-order valence-corrected chi connectivity index (χ4v) is 2.61. The van der Waals surface area contributed by atoms with Crippen LogP contribution in [0.3, 0.4) is 0 Å². The summed E-state index contributed by atoms with van der Waals surface area (Å²) in [6, 6.07) is 8.95. The molecule has 0 unspecified atom stereocenters. The first-order valence-electron chi connectivity index (χ1n) is 9.19. The Balaban J connectivity index is 1.63. The highest BCUT2D eigenvalue weighted by atomic mass is 16.6. The van der Waals surface area contributed by atoms with E-state index in [9.17, 15) is 14.4 Å². The Morgan fingerprint density at radius 2 is 1.74 bits per heavy atom. The molecule has 1 heterocycles. The lowest BCUT2D eigenvalue weighted by molar-refractivity contribution is -0.121. The van der Waals surface area contributed by atoms with Gasteiger partial charge in [0.15, 0.2) is 0 Å². The van der Waals surface area contributed by atoms with Crippen molar-refractivity contribution in [1.82, 2.24) is 20.4 Å². The quantitative estimate of drug-likeness (QED) is 0.784. The first-order valence-corrected chi connectivity index (χ1v) is 9.19. The van der Waals surface area contributed by atoms with Crippen LogP contribution < -0.4 is 10.6 Å². The molecule has 4 amide bonds. The van der Waals surface area contributed by atoms with Crippen molar-refractivity contribution in [2.24, 2.45) is 5.92 Å². The van der Waals surface area contributed by atoms with Crippen LogP contribution in [0.5, 0.6) is 0 Å². The Hall–Kier alpha value is -2.61. The average molecular weight is 376 g/mol. The van der Waals surface area contributed by atoms with Gasteiger partial charge in [-0.15, -0.1) is 0 Å². The van der Waals surface area contributed by atoms with Crippen molar-refractivity contribution in [2.75, 3.05) is 39.3 Å². The molecular weight excluding hydrogens is 348 g/mol. The molecule has 1 fully saturated rings. The Bertz CT molecular complexity index is 628. The van der Waals surface area contributed by atoms with Gasteiger partial charge in [0.05, 0.1) is 13.2 Å². The zero-order chi connectivity index (χ0) is 19.6. The van der Waals surface area contributed by atoms with Crippen LogP contribution in [0.25, 0.3) is 0 Å². The molecule has 1 aromatic rings. The molecule has 1 aromatic carbocycles. The number of rotatable bonds is 6. The number of nitrogens with zero attached hydrogens (tertiary/aromatic N) is 2. The molecule has 1 aliphatic rings. The van der Waals surface area contributed by atoms with Crippen LogP contribution in [0, 0.1) is 5.92 Å². The summed E-state index contributed by atoms with van der Waals surface area (Å²) in [5, 5.41) is 4.98. The summed E-state index contributed by atoms with van der Waals surface area (Å²) in [7, 11) is 0. The van der Waals surface area contributed by atoms with Crippen molar-refractivity contribution in [1.29, 1.82) is 0 Å². The fraction of sp³-hybridized carbons (Fsp3) is 0.526. The number of carbonyl (C=O) groups excluding carboxylic acids is 3. The van der Waals surface area contributed by atoms with E-state index in [0.717, 1.165) is 5.56 Å². The molecular formula is C19H28N4O4. The first kappa shape index (κ1) is 20.7. The minimum atomic E-state index is -0.514. The van der Waals surface area contributed by atoms with Gasteiger partial charge >= 0.3 is 12.1 Å². The second-order valence-corrected chi connectivity index (χ2v) is 6.95. The van der Waals surface area contributed by atoms with E-state index in [1.165, 1.54) is 0 Å². The van der Waals surface area contributed by atoms with Crippen LogP contribution in [-0.2, 0) is 16.1 Å². The van der Waals surface area contributed by atoms with Gasteiger partial charge in [0.1, 0.15) is 0 Å². The van der Waals surface area contributed by atoms with Gasteiger partial charge in [-0.05, 0) is 11.5 Å². The highest BCUT2D eigenvalue weighted by molar-refractivity contribution is 5.95. The van der Waals surface area contributed by atoms with Crippen LogP contribution >= 0.6 is 0 Å². The monoisotopic (exact) mass is 376 g/mol. The van der Waals surface area contributed by atoms with E-state index in [-0.39, 0.29) is 18.5 Å². The Kier molecular flexibility index (Phi) is 8.06. The van der Waals surface area contributed by atoms with Gasteiger partial charge in [0.25, 0.3) is 0 Å². The number of hydrogen-bond acceptors (Lipinski definition) is 5. The van der Waals surface area contributed by atoms with Gasteiger partial charge in [0, 0.05) is 32.7 Å². The van der Waals surface area contributed by atoms with Crippen molar-refractivity contribution in [3.8, 4) is 0 Å². The standard InChI is InChI=1S/C19H28N4O4/c1-15(2)14-27-19(26)23-10-8-22(9-11-23)13-17(24)21-18(25)20-12-16-6-4-3-5-7-16/h3-7,15H,8-14H2,1-2H3,(H2,20,21,24,25). The number of piperazine rings is 1. The minimum Gasteiger partial charge on any atom is -0.449 e. The predicted octanol–water partition coefficient (Wildman–Crippen LogP) is 1.42. The van der Waals surface area contributed by atoms with Crippen molar-refractivity contribution in [3.63, 3.8) is 0 Å². The van der Waals surface area contributed by atoms with Gasteiger partial charge < -0.3 is 15.0 Å². The number of ether oxygens (including phenoxy) is 1. The molecule has 148 valence electrons. The molecule has 2 N–H and O–H groups in total. The predicted molar refractivity (Wildman–Crippen MR) is 101 cm³/mol. The Morgan fingerprint density at radius 3 is 2.37 bits per heavy atom. The number of imide groups is 1. The normalized spacial score (nSPS) is 14.7. The van der Waals surface area contributed by atoms with Crippen molar-refractivity contribution in [3.05, 3.63) is 35.9 Å². The SMILES string of the molecule is CC(C)COC(=O)N1CCN(CC(=O)NC(=O)NCc2ccccc2)CC1. The maximum Gasteiger partial charge on any atom is 0.409 e. The van der Waals surface area contributed by atoms with Crippen LogP contribution in [0.2, 0.25) is 0 Å². The fourth-order valence-electron chi connectivity index (χ4n) is 2.61. The van der Waals surface area contributed by atoms with Crippen LogP contribution in [0.15, 0.2) is 30.3 Å². The van der Waals surface area contributed by atoms with E-state index in [0.29, 0.717) is 45.2 Å². The molecule has 2 rings (SSSR count). The summed E-state index contributed by atoms with van der Waals surface area (Å²) >= 11 is 0. The van der Waals surface area contributed by atoms with E-state index in [1.54, 1.807) is 4.90 Å². The van der Waals surface area contributed by atoms with Gasteiger partial charge in [-0.2, -0.15) is 0 Å². The zero-order valence-electron chi connectivity index (χ0n) is 15.9. The first-order chi connectivity index (χ1) is 12.9. The molecule has 1 aliphatic heterocycles. The molecule has 0 bridgehead atoms. The minimum absolute atomic E-state index is 0.119. The number of carbonyl (C=O) groups is 3. The lowest BCUT2D eigenvalue weighted by Crippen LogP contribution is -2.52. The number of amides is 4. The third kappa shape index (κ3) is 7.65. The van der Waals surface area contributed by atoms with E-state index < -0.39 is 6.03 Å². The Morgan fingerprint density at radius 1 is 1.07 bits per heavy atom. The summed E-state index contributed by atoms with van der Waals surface area (Å²) in [5.41, 5.74) is 0.959. The molecule has 27 heavy (non-hydrogen) atoms. The Labute approximate surface area is 159 Å². The van der Waals surface area contributed by atoms with E-state index in [1.807, 2.05) is 49.1 Å². The van der Waals surface area contributed by atoms with E-state index >= 15 is 0 Å². The highest BCUT2D eigenvalue weighted by Crippen LogP contribution is 2.05. The zero-order valence-corrected chi connectivity index (χ0v) is 15.9. The smallest absolute Gasteiger partial charge is 0.409 e. The maximum absolute atomic E-state index is 12.0. The lowest BCUT2D eigenvalue weighted by Gasteiger charge is -2.33. The highest BCUT2D eigenvalue weighted by Gasteiger charge is 2.23. The topological polar surface area (TPSA) is 91.0 Å². The molecule has 8 heteroatoms. The molecule has 8 nitrogen and oxygen atoms in total. The number of nitrogens with one attached hydrogen (secondary N) is 2. The maximum atomic E-state index is 12.0. The molecule has 0 saturated carbocycles. The van der Waals surface area contributed by atoms with Crippen molar-refractivity contribution >= 4 is 18.0 Å². The largest absolute Gasteiger partial charge is 0.449 e. The second kappa shape index (κ2) is 10.5. The van der Waals surface area contributed by atoms with Gasteiger partial charge in [0.2, 0.25) is 5.91 Å². The second-order valence-electron chi connectivity index (χ2n) is 6.95. The van der Waals surface area contributed by atoms with Crippen molar-refractivity contribution < 1.29 is 19.1 Å². The summed E-state index contributed by atoms with van der Waals surface area (Å²) in [6.45, 7) is 6.99. The van der Waals surface area contributed by atoms with E-state index in [2.05, 4.69) is 10.6 Å². The summed E-state index contributed by atoms with van der Waals surface area (Å²) < 4.78 is 5.21. The van der Waals surface area contributed by atoms with Crippen LogP contribution in [0.1, 0.15) is 19.4 Å². The van der Waals surface area contributed by atoms with Gasteiger partial charge in [-0.1, -0.05) is 44.2 Å². The van der Waals surface area contributed by atoms with Crippen LogP contribution in [-0.4, -0.2) is 67.2 Å². The summed E-state index contributed by atoms with van der Waals surface area (Å²) in [4.78, 5) is 39.3. The average Bonchev–Trinajstić information content (AvgIpc) is 2.65. The molecule has 0 spiro atoms. The van der Waals surface area contributed by atoms with E-state index in [4.69, 9.17) is 4.74 Å². The van der Waals surface area contributed by atoms with Gasteiger partial charge in [-0.25, -0.2) is 9.59 Å². The molecule has 0 radical (unpaired) electrons. The molecule has 0 atom stereocenters. The molecule has 0 aromatic heterocycles.